The molecule has 7 heteroatoms. The van der Waals surface area contributed by atoms with Crippen LogP contribution in [0.4, 0.5) is 10.5 Å². The standard InChI is InChI=1S/C24H26Cl2N2O3/c1-12-21(30)27-22(31)28(12)14-10-17(25)19(18(26)11-14)13-8-15(23(2,3)4)20(29)16(9-13)24(5,6)7/h8-11,29H,1H2,2-7H3,(H,27,30,31). The largest absolute Gasteiger partial charge is 0.507 e. The van der Waals surface area contributed by atoms with Crippen LogP contribution in [0.25, 0.3) is 11.1 Å². The molecule has 3 rings (SSSR count). The lowest BCUT2D eigenvalue weighted by Crippen LogP contribution is -2.27. The molecule has 1 fully saturated rings. The Labute approximate surface area is 192 Å². The number of hydrogen-bond acceptors (Lipinski definition) is 3. The predicted molar refractivity (Wildman–Crippen MR) is 126 cm³/mol. The van der Waals surface area contributed by atoms with Gasteiger partial charge in [0.05, 0.1) is 15.7 Å². The fourth-order valence-electron chi connectivity index (χ4n) is 3.61. The number of hydrogen-bond donors (Lipinski definition) is 2. The second-order valence-electron chi connectivity index (χ2n) is 9.75. The minimum absolute atomic E-state index is 0.000413. The first-order valence-electron chi connectivity index (χ1n) is 9.84. The highest BCUT2D eigenvalue weighted by Gasteiger charge is 2.34. The summed E-state index contributed by atoms with van der Waals surface area (Å²) in [6.45, 7) is 15.8. The van der Waals surface area contributed by atoms with E-state index in [0.29, 0.717) is 21.3 Å². The van der Waals surface area contributed by atoms with Crippen molar-refractivity contribution in [1.29, 1.82) is 0 Å². The van der Waals surface area contributed by atoms with Crippen LogP contribution in [0.2, 0.25) is 10.0 Å². The van der Waals surface area contributed by atoms with Gasteiger partial charge in [0, 0.05) is 16.7 Å². The van der Waals surface area contributed by atoms with E-state index in [9.17, 15) is 14.7 Å². The zero-order valence-electron chi connectivity index (χ0n) is 18.5. The summed E-state index contributed by atoms with van der Waals surface area (Å²) in [5, 5.41) is 13.8. The summed E-state index contributed by atoms with van der Waals surface area (Å²) in [5.74, 6) is -0.305. The third-order valence-electron chi connectivity index (χ3n) is 5.26. The van der Waals surface area contributed by atoms with Crippen LogP contribution in [0.5, 0.6) is 5.75 Å². The zero-order valence-corrected chi connectivity index (χ0v) is 20.0. The van der Waals surface area contributed by atoms with E-state index < -0.39 is 11.9 Å². The van der Waals surface area contributed by atoms with Crippen molar-refractivity contribution in [3.8, 4) is 16.9 Å². The number of phenolic OH excluding ortho intramolecular Hbond substituents is 1. The number of rotatable bonds is 2. The zero-order chi connectivity index (χ0) is 23.5. The van der Waals surface area contributed by atoms with Gasteiger partial charge < -0.3 is 5.11 Å². The molecule has 0 aromatic heterocycles. The van der Waals surface area contributed by atoms with Crippen LogP contribution in [0, 0.1) is 0 Å². The fraction of sp³-hybridized carbons (Fsp3) is 0.333. The number of nitrogens with one attached hydrogen (secondary N) is 1. The van der Waals surface area contributed by atoms with Gasteiger partial charge >= 0.3 is 6.03 Å². The van der Waals surface area contributed by atoms with E-state index in [1.54, 1.807) is 12.1 Å². The van der Waals surface area contributed by atoms with Gasteiger partial charge in [-0.1, -0.05) is 71.3 Å². The lowest BCUT2D eigenvalue weighted by Gasteiger charge is -2.28. The first-order valence-corrected chi connectivity index (χ1v) is 10.6. The van der Waals surface area contributed by atoms with Crippen LogP contribution in [-0.2, 0) is 15.6 Å². The summed E-state index contributed by atoms with van der Waals surface area (Å²) < 4.78 is 0. The minimum Gasteiger partial charge on any atom is -0.507 e. The SMILES string of the molecule is C=C1C(=O)NC(=O)N1c1cc(Cl)c(-c2cc(C(C)(C)C)c(O)c(C(C)(C)C)c2)c(Cl)c1. The van der Waals surface area contributed by atoms with Crippen molar-refractivity contribution >= 4 is 40.8 Å². The maximum Gasteiger partial charge on any atom is 0.333 e. The van der Waals surface area contributed by atoms with Crippen LogP contribution >= 0.6 is 23.2 Å². The molecular weight excluding hydrogens is 435 g/mol. The second kappa shape index (κ2) is 7.57. The number of phenols is 1. The number of nitrogens with zero attached hydrogens (tertiary/aromatic N) is 1. The first kappa shape index (κ1) is 23.2. The number of benzene rings is 2. The summed E-state index contributed by atoms with van der Waals surface area (Å²) in [7, 11) is 0. The fourth-order valence-corrected chi connectivity index (χ4v) is 4.30. The quantitative estimate of drug-likeness (QED) is 0.395. The predicted octanol–water partition coefficient (Wildman–Crippen LogP) is 6.53. The monoisotopic (exact) mass is 460 g/mol. The van der Waals surface area contributed by atoms with Crippen LogP contribution in [0.3, 0.4) is 0 Å². The molecule has 0 unspecified atom stereocenters. The molecule has 1 saturated heterocycles. The molecule has 5 nitrogen and oxygen atoms in total. The lowest BCUT2D eigenvalue weighted by atomic mass is 9.77. The molecule has 0 aliphatic carbocycles. The van der Waals surface area contributed by atoms with Gasteiger partial charge in [0.1, 0.15) is 11.4 Å². The number of halogens is 2. The summed E-state index contributed by atoms with van der Waals surface area (Å²) in [6, 6.07) is 6.33. The third-order valence-corrected chi connectivity index (χ3v) is 5.85. The highest BCUT2D eigenvalue weighted by molar-refractivity contribution is 6.40. The first-order chi connectivity index (χ1) is 14.1. The van der Waals surface area contributed by atoms with Crippen molar-refractivity contribution in [3.63, 3.8) is 0 Å². The Balaban J connectivity index is 2.23. The Hall–Kier alpha value is -2.50. The Morgan fingerprint density at radius 2 is 1.35 bits per heavy atom. The van der Waals surface area contributed by atoms with Crippen molar-refractivity contribution in [2.45, 2.75) is 52.4 Å². The van der Waals surface area contributed by atoms with Crippen LogP contribution < -0.4 is 10.2 Å². The average Bonchev–Trinajstić information content (AvgIpc) is 2.85. The van der Waals surface area contributed by atoms with Gasteiger partial charge in [0.2, 0.25) is 0 Å². The third kappa shape index (κ3) is 4.17. The summed E-state index contributed by atoms with van der Waals surface area (Å²) >= 11 is 13.3. The highest BCUT2D eigenvalue weighted by atomic mass is 35.5. The second-order valence-corrected chi connectivity index (χ2v) is 10.6. The van der Waals surface area contributed by atoms with Gasteiger partial charge in [0.25, 0.3) is 5.91 Å². The number of anilines is 1. The Morgan fingerprint density at radius 1 is 0.903 bits per heavy atom. The van der Waals surface area contributed by atoms with E-state index in [2.05, 4.69) is 11.9 Å². The van der Waals surface area contributed by atoms with Crippen molar-refractivity contribution in [1.82, 2.24) is 5.32 Å². The molecule has 31 heavy (non-hydrogen) atoms. The number of carbonyl (C=O) groups excluding carboxylic acids is 2. The van der Waals surface area contributed by atoms with Gasteiger partial charge in [-0.2, -0.15) is 0 Å². The molecular formula is C24H26Cl2N2O3. The molecule has 1 aliphatic heterocycles. The maximum absolute atomic E-state index is 12.1. The van der Waals surface area contributed by atoms with Crippen LogP contribution in [0.15, 0.2) is 36.5 Å². The number of urea groups is 1. The molecule has 0 radical (unpaired) electrons. The molecule has 0 bridgehead atoms. The molecule has 1 heterocycles. The summed E-state index contributed by atoms with van der Waals surface area (Å²) in [5.41, 5.74) is 2.62. The van der Waals surface area contributed by atoms with Gasteiger partial charge in [-0.25, -0.2) is 4.79 Å². The van der Waals surface area contributed by atoms with E-state index >= 15 is 0 Å². The van der Waals surface area contributed by atoms with E-state index in [0.717, 1.165) is 21.6 Å². The molecule has 0 saturated carbocycles. The molecule has 2 aromatic rings. The maximum atomic E-state index is 12.1. The number of carbonyl (C=O) groups is 2. The normalized spacial score (nSPS) is 15.0. The molecule has 2 aromatic carbocycles. The van der Waals surface area contributed by atoms with Gasteiger partial charge in [-0.05, 0) is 40.7 Å². The van der Waals surface area contributed by atoms with Crippen LogP contribution in [0.1, 0.15) is 52.7 Å². The molecule has 1 aliphatic rings. The number of aromatic hydroxyl groups is 1. The summed E-state index contributed by atoms with van der Waals surface area (Å²) in [4.78, 5) is 25.0. The Bertz CT molecular complexity index is 1070. The number of amides is 3. The van der Waals surface area contributed by atoms with E-state index in [4.69, 9.17) is 23.2 Å². The van der Waals surface area contributed by atoms with Gasteiger partial charge in [-0.15, -0.1) is 0 Å². The smallest absolute Gasteiger partial charge is 0.333 e. The van der Waals surface area contributed by atoms with Gasteiger partial charge in [-0.3, -0.25) is 15.0 Å². The van der Waals surface area contributed by atoms with Crippen molar-refractivity contribution in [2.75, 3.05) is 4.90 Å². The lowest BCUT2D eigenvalue weighted by molar-refractivity contribution is -0.115. The van der Waals surface area contributed by atoms with Crippen molar-refractivity contribution < 1.29 is 14.7 Å². The minimum atomic E-state index is -0.607. The molecule has 0 spiro atoms. The van der Waals surface area contributed by atoms with E-state index in [-0.39, 0.29) is 22.3 Å². The van der Waals surface area contributed by atoms with E-state index in [1.165, 1.54) is 0 Å². The number of imide groups is 1. The Kier molecular flexibility index (Phi) is 5.66. The van der Waals surface area contributed by atoms with Crippen molar-refractivity contribution in [2.24, 2.45) is 0 Å². The van der Waals surface area contributed by atoms with Crippen molar-refractivity contribution in [3.05, 3.63) is 57.7 Å². The molecule has 0 atom stereocenters. The Morgan fingerprint density at radius 3 is 1.71 bits per heavy atom. The topological polar surface area (TPSA) is 69.6 Å². The molecule has 2 N–H and O–H groups in total. The van der Waals surface area contributed by atoms with Gasteiger partial charge in [0.15, 0.2) is 0 Å². The molecule has 164 valence electrons. The molecule has 3 amide bonds. The van der Waals surface area contributed by atoms with E-state index in [1.807, 2.05) is 53.7 Å². The average molecular weight is 461 g/mol. The summed E-state index contributed by atoms with van der Waals surface area (Å²) in [6.07, 6.45) is 0. The highest BCUT2D eigenvalue weighted by Crippen LogP contribution is 2.46. The van der Waals surface area contributed by atoms with Crippen LogP contribution in [-0.4, -0.2) is 17.0 Å².